The summed E-state index contributed by atoms with van der Waals surface area (Å²) in [6.45, 7) is 4.13. The molecule has 2 N–H and O–H groups in total. The minimum atomic E-state index is -0.426. The molecule has 3 aromatic carbocycles. The van der Waals surface area contributed by atoms with Crippen molar-refractivity contribution in [3.8, 4) is 11.1 Å². The average molecular weight is 368 g/mol. The molecule has 1 heterocycles. The Balaban J connectivity index is 1.75. The molecule has 0 spiro atoms. The number of hydrogen-bond donors (Lipinski definition) is 2. The number of aromatic amines is 1. The molecule has 4 rings (SSSR count). The summed E-state index contributed by atoms with van der Waals surface area (Å²) < 4.78 is 0. The molecule has 0 fully saturated rings. The Labute approximate surface area is 162 Å². The second-order valence-corrected chi connectivity index (χ2v) is 6.82. The number of H-pyrrole nitrogens is 1. The van der Waals surface area contributed by atoms with Crippen LogP contribution in [0, 0.1) is 13.8 Å². The van der Waals surface area contributed by atoms with Gasteiger partial charge in [0.2, 0.25) is 5.43 Å². The van der Waals surface area contributed by atoms with Crippen LogP contribution in [0.5, 0.6) is 0 Å². The quantitative estimate of drug-likeness (QED) is 0.531. The van der Waals surface area contributed by atoms with Gasteiger partial charge in [-0.2, -0.15) is 0 Å². The van der Waals surface area contributed by atoms with Crippen LogP contribution in [0.2, 0.25) is 0 Å². The molecule has 0 saturated carbocycles. The Hall–Kier alpha value is -3.66. The van der Waals surface area contributed by atoms with Crippen molar-refractivity contribution in [3.05, 3.63) is 99.8 Å². The molecule has 0 bridgehead atoms. The lowest BCUT2D eigenvalue weighted by atomic mass is 9.96. The molecule has 4 aromatic rings. The molecular formula is C24H20N2O2. The number of hydrogen-bond acceptors (Lipinski definition) is 2. The van der Waals surface area contributed by atoms with E-state index in [4.69, 9.17) is 0 Å². The zero-order valence-electron chi connectivity index (χ0n) is 15.7. The van der Waals surface area contributed by atoms with Crippen LogP contribution in [0.3, 0.4) is 0 Å². The number of amides is 1. The van der Waals surface area contributed by atoms with Crippen molar-refractivity contribution in [1.29, 1.82) is 0 Å². The highest BCUT2D eigenvalue weighted by Gasteiger charge is 2.16. The van der Waals surface area contributed by atoms with Gasteiger partial charge in [-0.25, -0.2) is 0 Å². The van der Waals surface area contributed by atoms with Gasteiger partial charge in [-0.1, -0.05) is 48.5 Å². The summed E-state index contributed by atoms with van der Waals surface area (Å²) in [5, 5.41) is 3.42. The topological polar surface area (TPSA) is 62.0 Å². The first kappa shape index (κ1) is 17.7. The van der Waals surface area contributed by atoms with Gasteiger partial charge < -0.3 is 10.3 Å². The van der Waals surface area contributed by atoms with E-state index in [2.05, 4.69) is 30.2 Å². The Morgan fingerprint density at radius 3 is 2.43 bits per heavy atom. The molecule has 0 saturated heterocycles. The number of pyridine rings is 1. The maximum absolute atomic E-state index is 12.9. The van der Waals surface area contributed by atoms with Gasteiger partial charge in [0.15, 0.2) is 0 Å². The van der Waals surface area contributed by atoms with Crippen molar-refractivity contribution in [3.63, 3.8) is 0 Å². The number of fused-ring (bicyclic) bond motifs is 1. The Kier molecular flexibility index (Phi) is 4.53. The molecule has 4 heteroatoms. The van der Waals surface area contributed by atoms with Crippen LogP contribution < -0.4 is 10.7 Å². The van der Waals surface area contributed by atoms with E-state index < -0.39 is 5.91 Å². The number of carbonyl (C=O) groups is 1. The van der Waals surface area contributed by atoms with E-state index >= 15 is 0 Å². The molecule has 138 valence electrons. The Bertz CT molecular complexity index is 1250. The van der Waals surface area contributed by atoms with Gasteiger partial charge in [0.25, 0.3) is 5.91 Å². The summed E-state index contributed by atoms with van der Waals surface area (Å²) >= 11 is 0. The first-order valence-electron chi connectivity index (χ1n) is 9.13. The van der Waals surface area contributed by atoms with E-state index in [9.17, 15) is 9.59 Å². The molecule has 0 atom stereocenters. The first-order chi connectivity index (χ1) is 13.6. The lowest BCUT2D eigenvalue weighted by Gasteiger charge is -2.14. The SMILES string of the molecule is Cc1cccc(-c2ccccc2NC(=O)c2c[nH]c3ccccc3c2=O)c1C. The standard InChI is InChI=1S/C24H20N2O2/c1-15-8-7-11-17(16(15)2)18-9-3-6-13-22(18)26-24(28)20-14-25-21-12-5-4-10-19(21)23(20)27/h3-14H,1-2H3,(H,25,27)(H,26,28). The highest BCUT2D eigenvalue weighted by Crippen LogP contribution is 2.31. The zero-order valence-corrected chi connectivity index (χ0v) is 15.7. The molecule has 1 aromatic heterocycles. The van der Waals surface area contributed by atoms with Crippen molar-refractivity contribution in [2.24, 2.45) is 0 Å². The summed E-state index contributed by atoms with van der Waals surface area (Å²) in [5.41, 5.74) is 5.52. The molecule has 0 aliphatic heterocycles. The summed E-state index contributed by atoms with van der Waals surface area (Å²) in [6, 6.07) is 20.9. The summed E-state index contributed by atoms with van der Waals surface area (Å²) in [5.74, 6) is -0.426. The molecular weight excluding hydrogens is 348 g/mol. The predicted octanol–water partition coefficient (Wildman–Crippen LogP) is 5.06. The number of aromatic nitrogens is 1. The highest BCUT2D eigenvalue weighted by atomic mass is 16.2. The minimum absolute atomic E-state index is 0.0921. The number of para-hydroxylation sites is 2. The van der Waals surface area contributed by atoms with Gasteiger partial charge in [-0.15, -0.1) is 0 Å². The van der Waals surface area contributed by atoms with Crippen LogP contribution in [-0.2, 0) is 0 Å². The molecule has 1 amide bonds. The van der Waals surface area contributed by atoms with Crippen LogP contribution in [0.15, 0.2) is 77.7 Å². The van der Waals surface area contributed by atoms with Crippen molar-refractivity contribution < 1.29 is 4.79 Å². The smallest absolute Gasteiger partial charge is 0.261 e. The van der Waals surface area contributed by atoms with Crippen LogP contribution in [0.1, 0.15) is 21.5 Å². The van der Waals surface area contributed by atoms with Crippen LogP contribution in [0.25, 0.3) is 22.0 Å². The third-order valence-electron chi connectivity index (χ3n) is 5.10. The van der Waals surface area contributed by atoms with Crippen molar-refractivity contribution >= 4 is 22.5 Å². The maximum Gasteiger partial charge on any atom is 0.261 e. The van der Waals surface area contributed by atoms with Crippen LogP contribution in [0.4, 0.5) is 5.69 Å². The number of aryl methyl sites for hydroxylation is 1. The van der Waals surface area contributed by atoms with E-state index in [1.807, 2.05) is 48.5 Å². The van der Waals surface area contributed by atoms with Gasteiger partial charge in [0, 0.05) is 28.4 Å². The Morgan fingerprint density at radius 1 is 0.857 bits per heavy atom. The van der Waals surface area contributed by atoms with Crippen molar-refractivity contribution in [1.82, 2.24) is 4.98 Å². The molecule has 28 heavy (non-hydrogen) atoms. The van der Waals surface area contributed by atoms with Crippen molar-refractivity contribution in [2.75, 3.05) is 5.32 Å². The van der Waals surface area contributed by atoms with Crippen LogP contribution >= 0.6 is 0 Å². The molecule has 0 unspecified atom stereocenters. The monoisotopic (exact) mass is 368 g/mol. The molecule has 4 nitrogen and oxygen atoms in total. The molecule has 0 radical (unpaired) electrons. The lowest BCUT2D eigenvalue weighted by molar-refractivity contribution is 0.102. The predicted molar refractivity (Wildman–Crippen MR) is 114 cm³/mol. The van der Waals surface area contributed by atoms with Gasteiger partial charge in [0.1, 0.15) is 5.56 Å². The average Bonchev–Trinajstić information content (AvgIpc) is 2.71. The molecule has 0 aliphatic carbocycles. The number of carbonyl (C=O) groups excluding carboxylic acids is 1. The number of anilines is 1. The van der Waals surface area contributed by atoms with Gasteiger partial charge in [0.05, 0.1) is 0 Å². The van der Waals surface area contributed by atoms with Gasteiger partial charge >= 0.3 is 0 Å². The van der Waals surface area contributed by atoms with Crippen molar-refractivity contribution in [2.45, 2.75) is 13.8 Å². The largest absolute Gasteiger partial charge is 0.360 e. The van der Waals surface area contributed by atoms with Crippen LogP contribution in [-0.4, -0.2) is 10.9 Å². The number of nitrogens with one attached hydrogen (secondary N) is 2. The second-order valence-electron chi connectivity index (χ2n) is 6.82. The number of benzene rings is 3. The highest BCUT2D eigenvalue weighted by molar-refractivity contribution is 6.07. The fraction of sp³-hybridized carbons (Fsp3) is 0.0833. The number of rotatable bonds is 3. The van der Waals surface area contributed by atoms with E-state index in [1.54, 1.807) is 12.1 Å². The van der Waals surface area contributed by atoms with E-state index in [0.29, 0.717) is 16.6 Å². The fourth-order valence-corrected chi connectivity index (χ4v) is 3.40. The zero-order chi connectivity index (χ0) is 19.7. The third-order valence-corrected chi connectivity index (χ3v) is 5.10. The maximum atomic E-state index is 12.9. The van der Waals surface area contributed by atoms with E-state index in [1.165, 1.54) is 11.8 Å². The summed E-state index contributed by atoms with van der Waals surface area (Å²) in [6.07, 6.45) is 1.47. The van der Waals surface area contributed by atoms with Gasteiger partial charge in [-0.05, 0) is 48.7 Å². The summed E-state index contributed by atoms with van der Waals surface area (Å²) in [4.78, 5) is 28.6. The van der Waals surface area contributed by atoms with E-state index in [0.717, 1.165) is 16.7 Å². The molecule has 0 aliphatic rings. The van der Waals surface area contributed by atoms with E-state index in [-0.39, 0.29) is 11.0 Å². The minimum Gasteiger partial charge on any atom is -0.360 e. The van der Waals surface area contributed by atoms with Gasteiger partial charge in [-0.3, -0.25) is 9.59 Å². The fourth-order valence-electron chi connectivity index (χ4n) is 3.40. The summed E-state index contributed by atoms with van der Waals surface area (Å²) in [7, 11) is 0. The first-order valence-corrected chi connectivity index (χ1v) is 9.13. The lowest BCUT2D eigenvalue weighted by Crippen LogP contribution is -2.22. The normalized spacial score (nSPS) is 10.8. The third kappa shape index (κ3) is 3.09. The second kappa shape index (κ2) is 7.16. The Morgan fingerprint density at radius 2 is 1.57 bits per heavy atom.